The number of carbonyl (C=O) groups excluding carboxylic acids is 1. The number of benzene rings is 1. The predicted octanol–water partition coefficient (Wildman–Crippen LogP) is 4.24. The van der Waals surface area contributed by atoms with E-state index in [1.54, 1.807) is 12.4 Å². The first kappa shape index (κ1) is 29.3. The molecule has 2 aliphatic carbocycles. The SMILES string of the molecule is Cc1ccc(NC(=O)c2cc(C3CC3)cnn2)cc1C(N)=N/C(=C\C(C)NCCO)c1ccnc(NC(C)C2CC2)c1. The second-order valence-electron chi connectivity index (χ2n) is 11.3. The Balaban J connectivity index is 1.40. The summed E-state index contributed by atoms with van der Waals surface area (Å²) < 4.78 is 0. The van der Waals surface area contributed by atoms with Crippen molar-refractivity contribution in [3.63, 3.8) is 0 Å². The lowest BCUT2D eigenvalue weighted by Crippen LogP contribution is -2.27. The van der Waals surface area contributed by atoms with E-state index in [9.17, 15) is 9.90 Å². The Morgan fingerprint density at radius 2 is 1.98 bits per heavy atom. The molecule has 0 spiro atoms. The number of amides is 1. The van der Waals surface area contributed by atoms with Crippen LogP contribution in [0, 0.1) is 12.8 Å². The molecule has 42 heavy (non-hydrogen) atoms. The first-order chi connectivity index (χ1) is 20.3. The largest absolute Gasteiger partial charge is 0.395 e. The van der Waals surface area contributed by atoms with Gasteiger partial charge in [-0.25, -0.2) is 9.98 Å². The number of nitrogens with one attached hydrogen (secondary N) is 3. The van der Waals surface area contributed by atoms with Gasteiger partial charge in [0.25, 0.3) is 5.91 Å². The van der Waals surface area contributed by atoms with Crippen molar-refractivity contribution in [1.29, 1.82) is 0 Å². The van der Waals surface area contributed by atoms with Gasteiger partial charge in [0.1, 0.15) is 11.7 Å². The van der Waals surface area contributed by atoms with Crippen LogP contribution in [0.5, 0.6) is 0 Å². The van der Waals surface area contributed by atoms with Crippen molar-refractivity contribution in [3.05, 3.63) is 82.8 Å². The molecule has 1 aromatic carbocycles. The quantitative estimate of drug-likeness (QED) is 0.152. The van der Waals surface area contributed by atoms with E-state index in [0.717, 1.165) is 35.3 Å². The van der Waals surface area contributed by atoms with E-state index in [2.05, 4.69) is 38.1 Å². The van der Waals surface area contributed by atoms with Crippen LogP contribution in [-0.4, -0.2) is 57.3 Å². The summed E-state index contributed by atoms with van der Waals surface area (Å²) >= 11 is 0. The van der Waals surface area contributed by atoms with E-state index in [-0.39, 0.29) is 24.2 Å². The summed E-state index contributed by atoms with van der Waals surface area (Å²) in [5.41, 5.74) is 11.7. The summed E-state index contributed by atoms with van der Waals surface area (Å²) in [5, 5.41) is 27.0. The van der Waals surface area contributed by atoms with Crippen LogP contribution in [0.3, 0.4) is 0 Å². The molecule has 10 heteroatoms. The van der Waals surface area contributed by atoms with Crippen molar-refractivity contribution in [1.82, 2.24) is 20.5 Å². The maximum Gasteiger partial charge on any atom is 0.276 e. The summed E-state index contributed by atoms with van der Waals surface area (Å²) in [6, 6.07) is 11.6. The van der Waals surface area contributed by atoms with Crippen molar-refractivity contribution in [2.24, 2.45) is 16.6 Å². The minimum absolute atomic E-state index is 0.0372. The molecular formula is C32H40N8O2. The highest BCUT2D eigenvalue weighted by atomic mass is 16.3. The van der Waals surface area contributed by atoms with Crippen LogP contribution in [0.15, 0.2) is 59.9 Å². The Hall–Kier alpha value is -4.15. The standard InChI is InChI=1S/C32H40N8O2/c1-19-4-9-26(38-32(42)29-15-25(18-36-40-29)23-7-8-23)17-27(19)31(33)39-28(14-20(2)34-12-13-41)24-10-11-35-30(16-24)37-21(3)22-5-6-22/h4,9-11,14-18,20-23,34,41H,5-8,12-13H2,1-3H3,(H2,33,39)(H,35,37)(H,38,42)/b28-14-. The average molecular weight is 569 g/mol. The third-order valence-corrected chi connectivity index (χ3v) is 7.72. The normalized spacial score (nSPS) is 17.0. The van der Waals surface area contributed by atoms with Gasteiger partial charge in [0.15, 0.2) is 5.69 Å². The second-order valence-corrected chi connectivity index (χ2v) is 11.3. The molecule has 0 aliphatic heterocycles. The first-order valence-electron chi connectivity index (χ1n) is 14.7. The Labute approximate surface area is 247 Å². The van der Waals surface area contributed by atoms with Gasteiger partial charge in [0, 0.05) is 41.6 Å². The molecule has 2 aliphatic rings. The lowest BCUT2D eigenvalue weighted by molar-refractivity contribution is 0.102. The Bertz CT molecular complexity index is 1480. The number of aliphatic hydroxyl groups is 1. The first-order valence-corrected chi connectivity index (χ1v) is 14.7. The van der Waals surface area contributed by atoms with Gasteiger partial charge in [-0.1, -0.05) is 6.07 Å². The molecule has 220 valence electrons. The Kier molecular flexibility index (Phi) is 9.24. The van der Waals surface area contributed by atoms with E-state index in [4.69, 9.17) is 10.7 Å². The molecule has 3 aromatic rings. The number of hydrogen-bond donors (Lipinski definition) is 5. The minimum atomic E-state index is -0.322. The lowest BCUT2D eigenvalue weighted by atomic mass is 10.1. The smallest absolute Gasteiger partial charge is 0.276 e. The van der Waals surface area contributed by atoms with Crippen molar-refractivity contribution in [2.45, 2.75) is 64.5 Å². The van der Waals surface area contributed by atoms with E-state index in [0.29, 0.717) is 47.2 Å². The number of anilines is 2. The summed E-state index contributed by atoms with van der Waals surface area (Å²) in [6.07, 6.45) is 10.2. The summed E-state index contributed by atoms with van der Waals surface area (Å²) in [4.78, 5) is 22.4. The van der Waals surface area contributed by atoms with Crippen LogP contribution < -0.4 is 21.7 Å². The third-order valence-electron chi connectivity index (χ3n) is 7.72. The minimum Gasteiger partial charge on any atom is -0.395 e. The molecule has 2 aromatic heterocycles. The van der Waals surface area contributed by atoms with Crippen LogP contribution in [0.2, 0.25) is 0 Å². The number of pyridine rings is 1. The highest BCUT2D eigenvalue weighted by Crippen LogP contribution is 2.39. The molecule has 6 N–H and O–H groups in total. The van der Waals surface area contributed by atoms with Crippen molar-refractivity contribution < 1.29 is 9.90 Å². The summed E-state index contributed by atoms with van der Waals surface area (Å²) in [6.45, 7) is 6.64. The van der Waals surface area contributed by atoms with Gasteiger partial charge in [-0.15, -0.1) is 5.10 Å². The fraction of sp³-hybridized carbons (Fsp3) is 0.406. The van der Waals surface area contributed by atoms with Gasteiger partial charge in [-0.2, -0.15) is 5.10 Å². The predicted molar refractivity (Wildman–Crippen MR) is 166 cm³/mol. The topological polar surface area (TPSA) is 150 Å². The van der Waals surface area contributed by atoms with Crippen LogP contribution in [0.1, 0.15) is 78.2 Å². The van der Waals surface area contributed by atoms with Crippen LogP contribution >= 0.6 is 0 Å². The molecule has 2 atom stereocenters. The molecule has 1 amide bonds. The molecule has 2 fully saturated rings. The number of carbonyl (C=O) groups is 1. The number of nitrogens with zero attached hydrogens (tertiary/aromatic N) is 4. The van der Waals surface area contributed by atoms with Gasteiger partial charge in [0.2, 0.25) is 0 Å². The van der Waals surface area contributed by atoms with Crippen molar-refractivity contribution >= 4 is 28.9 Å². The van der Waals surface area contributed by atoms with Crippen molar-refractivity contribution in [2.75, 3.05) is 23.8 Å². The average Bonchev–Trinajstić information content (AvgIpc) is 3.90. The highest BCUT2D eigenvalue weighted by Gasteiger charge is 2.28. The van der Waals surface area contributed by atoms with Gasteiger partial charge in [-0.05, 0) is 106 Å². The molecule has 0 radical (unpaired) electrons. The monoisotopic (exact) mass is 568 g/mol. The molecule has 2 heterocycles. The summed E-state index contributed by atoms with van der Waals surface area (Å²) in [7, 11) is 0. The molecule has 5 rings (SSSR count). The van der Waals surface area contributed by atoms with E-state index in [1.807, 2.05) is 56.3 Å². The van der Waals surface area contributed by atoms with Crippen LogP contribution in [0.25, 0.3) is 5.70 Å². The zero-order valence-electron chi connectivity index (χ0n) is 24.5. The number of rotatable bonds is 13. The molecule has 0 saturated heterocycles. The number of aliphatic imine (C=N–C) groups is 1. The number of aliphatic hydroxyl groups excluding tert-OH is 1. The maximum atomic E-state index is 13.0. The summed E-state index contributed by atoms with van der Waals surface area (Å²) in [5.74, 6) is 1.95. The molecular weight excluding hydrogens is 528 g/mol. The maximum absolute atomic E-state index is 13.0. The van der Waals surface area contributed by atoms with Crippen LogP contribution in [-0.2, 0) is 0 Å². The van der Waals surface area contributed by atoms with Gasteiger partial charge < -0.3 is 26.8 Å². The van der Waals surface area contributed by atoms with Gasteiger partial charge in [-0.3, -0.25) is 4.79 Å². The van der Waals surface area contributed by atoms with Gasteiger partial charge >= 0.3 is 0 Å². The van der Waals surface area contributed by atoms with Crippen molar-refractivity contribution in [3.8, 4) is 0 Å². The zero-order valence-corrected chi connectivity index (χ0v) is 24.5. The van der Waals surface area contributed by atoms with Gasteiger partial charge in [0.05, 0.1) is 18.5 Å². The Morgan fingerprint density at radius 1 is 1.17 bits per heavy atom. The number of aryl methyl sites for hydroxylation is 1. The molecule has 2 saturated carbocycles. The lowest BCUT2D eigenvalue weighted by Gasteiger charge is -2.16. The van der Waals surface area contributed by atoms with Crippen LogP contribution in [0.4, 0.5) is 11.5 Å². The highest BCUT2D eigenvalue weighted by molar-refractivity contribution is 6.05. The fourth-order valence-electron chi connectivity index (χ4n) is 4.90. The number of aromatic nitrogens is 3. The number of hydrogen-bond acceptors (Lipinski definition) is 8. The van der Waals surface area contributed by atoms with E-state index < -0.39 is 0 Å². The van der Waals surface area contributed by atoms with E-state index in [1.165, 1.54) is 12.8 Å². The van der Waals surface area contributed by atoms with E-state index >= 15 is 0 Å². The fourth-order valence-corrected chi connectivity index (χ4v) is 4.90. The number of amidine groups is 1. The third kappa shape index (κ3) is 7.77. The zero-order chi connectivity index (χ0) is 29.6. The Morgan fingerprint density at radius 3 is 2.71 bits per heavy atom. The molecule has 10 nitrogen and oxygen atoms in total. The molecule has 0 bridgehead atoms. The second kappa shape index (κ2) is 13.2. The molecule has 2 unspecified atom stereocenters. The number of nitrogens with two attached hydrogens (primary N) is 1.